The number of nitrogens with one attached hydrogen (secondary N) is 1. The molecule has 1 heterocycles. The minimum Gasteiger partial charge on any atom is -0.462 e. The molecule has 3 aromatic carbocycles. The highest BCUT2D eigenvalue weighted by Crippen LogP contribution is 2.21. The van der Waals surface area contributed by atoms with Crippen LogP contribution in [0.4, 0.5) is 0 Å². The Morgan fingerprint density at radius 2 is 1.73 bits per heavy atom. The molecule has 0 spiro atoms. The van der Waals surface area contributed by atoms with E-state index in [1.54, 1.807) is 31.3 Å². The zero-order valence-corrected chi connectivity index (χ0v) is 18.8. The molecule has 0 aliphatic heterocycles. The van der Waals surface area contributed by atoms with E-state index in [2.05, 4.69) is 15.1 Å². The molecule has 0 radical (unpaired) electrons. The molecule has 166 valence electrons. The van der Waals surface area contributed by atoms with Crippen LogP contribution in [-0.2, 0) is 4.74 Å². The van der Waals surface area contributed by atoms with Crippen molar-refractivity contribution in [3.05, 3.63) is 101 Å². The summed E-state index contributed by atoms with van der Waals surface area (Å²) in [5.74, 6) is -0.592. The number of carbonyl (C=O) groups excluding carboxylic acids is 2. The van der Waals surface area contributed by atoms with E-state index in [4.69, 9.17) is 4.74 Å². The highest BCUT2D eigenvalue weighted by atomic mass is 16.5. The fourth-order valence-electron chi connectivity index (χ4n) is 3.92. The number of aromatic nitrogens is 1. The molecule has 4 rings (SSSR count). The van der Waals surface area contributed by atoms with E-state index in [0.29, 0.717) is 17.7 Å². The zero-order valence-electron chi connectivity index (χ0n) is 18.8. The van der Waals surface area contributed by atoms with Crippen LogP contribution in [0, 0.1) is 13.8 Å². The second-order valence-electron chi connectivity index (χ2n) is 7.66. The van der Waals surface area contributed by atoms with Crippen molar-refractivity contribution in [1.29, 1.82) is 0 Å². The SMILES string of the molecule is CCOC(=O)c1ccc(-n2c(C)cc(/C=N\NC(=O)c3cccc4ccccc34)c2C)cc1. The van der Waals surface area contributed by atoms with Gasteiger partial charge in [-0.15, -0.1) is 0 Å². The first kappa shape index (κ1) is 22.0. The molecule has 0 saturated heterocycles. The molecular formula is C27H25N3O3. The number of rotatable bonds is 6. The van der Waals surface area contributed by atoms with E-state index >= 15 is 0 Å². The number of ether oxygens (including phenoxy) is 1. The van der Waals surface area contributed by atoms with E-state index in [1.165, 1.54) is 0 Å². The third-order valence-corrected chi connectivity index (χ3v) is 5.51. The van der Waals surface area contributed by atoms with Crippen molar-refractivity contribution in [1.82, 2.24) is 9.99 Å². The minimum absolute atomic E-state index is 0.258. The van der Waals surface area contributed by atoms with Gasteiger partial charge in [0.2, 0.25) is 0 Å². The number of hydrogen-bond acceptors (Lipinski definition) is 4. The maximum absolute atomic E-state index is 12.7. The first-order valence-corrected chi connectivity index (χ1v) is 10.8. The number of amides is 1. The van der Waals surface area contributed by atoms with E-state index < -0.39 is 0 Å². The van der Waals surface area contributed by atoms with Gasteiger partial charge in [-0.1, -0.05) is 36.4 Å². The second-order valence-corrected chi connectivity index (χ2v) is 7.66. The summed E-state index contributed by atoms with van der Waals surface area (Å²) in [6.07, 6.45) is 1.65. The fourth-order valence-corrected chi connectivity index (χ4v) is 3.92. The van der Waals surface area contributed by atoms with E-state index in [-0.39, 0.29) is 11.9 Å². The third-order valence-electron chi connectivity index (χ3n) is 5.51. The second kappa shape index (κ2) is 9.53. The zero-order chi connectivity index (χ0) is 23.4. The maximum atomic E-state index is 12.7. The Labute approximate surface area is 192 Å². The number of nitrogens with zero attached hydrogens (tertiary/aromatic N) is 2. The maximum Gasteiger partial charge on any atom is 0.338 e. The molecule has 0 aliphatic carbocycles. The molecule has 33 heavy (non-hydrogen) atoms. The molecule has 6 nitrogen and oxygen atoms in total. The molecule has 0 fully saturated rings. The van der Waals surface area contributed by atoms with Gasteiger partial charge in [0.15, 0.2) is 0 Å². The Morgan fingerprint density at radius 3 is 2.48 bits per heavy atom. The van der Waals surface area contributed by atoms with Crippen molar-refractivity contribution in [2.75, 3.05) is 6.61 Å². The molecule has 1 aromatic heterocycles. The number of benzene rings is 3. The lowest BCUT2D eigenvalue weighted by Gasteiger charge is -2.10. The Hall–Kier alpha value is -4.19. The van der Waals surface area contributed by atoms with Gasteiger partial charge in [0.1, 0.15) is 0 Å². The smallest absolute Gasteiger partial charge is 0.338 e. The molecule has 0 unspecified atom stereocenters. The summed E-state index contributed by atoms with van der Waals surface area (Å²) in [5, 5.41) is 6.08. The lowest BCUT2D eigenvalue weighted by Crippen LogP contribution is -2.18. The first-order chi connectivity index (χ1) is 16.0. The minimum atomic E-state index is -0.334. The quantitative estimate of drug-likeness (QED) is 0.255. The van der Waals surface area contributed by atoms with E-state index in [1.807, 2.05) is 68.4 Å². The van der Waals surface area contributed by atoms with Gasteiger partial charge in [0, 0.05) is 28.2 Å². The Bertz CT molecular complexity index is 1350. The highest BCUT2D eigenvalue weighted by Gasteiger charge is 2.12. The Balaban J connectivity index is 1.52. The van der Waals surface area contributed by atoms with E-state index in [9.17, 15) is 9.59 Å². The Morgan fingerprint density at radius 1 is 1.00 bits per heavy atom. The average Bonchev–Trinajstić information content (AvgIpc) is 3.11. The summed E-state index contributed by atoms with van der Waals surface area (Å²) in [4.78, 5) is 24.6. The number of esters is 1. The van der Waals surface area contributed by atoms with Crippen LogP contribution >= 0.6 is 0 Å². The van der Waals surface area contributed by atoms with Gasteiger partial charge in [0.05, 0.1) is 18.4 Å². The van der Waals surface area contributed by atoms with Gasteiger partial charge < -0.3 is 9.30 Å². The fraction of sp³-hybridized carbons (Fsp3) is 0.148. The monoisotopic (exact) mass is 439 g/mol. The van der Waals surface area contributed by atoms with Crippen LogP contribution in [0.25, 0.3) is 16.5 Å². The van der Waals surface area contributed by atoms with Crippen LogP contribution in [0.5, 0.6) is 0 Å². The first-order valence-electron chi connectivity index (χ1n) is 10.8. The van der Waals surface area contributed by atoms with Gasteiger partial charge in [-0.25, -0.2) is 10.2 Å². The molecule has 4 aromatic rings. The summed E-state index contributed by atoms with van der Waals surface area (Å²) in [6.45, 7) is 6.11. The summed E-state index contributed by atoms with van der Waals surface area (Å²) in [6, 6.07) is 22.7. The molecule has 1 N–H and O–H groups in total. The molecule has 0 saturated carbocycles. The normalized spacial score (nSPS) is 11.1. The van der Waals surface area contributed by atoms with Gasteiger partial charge >= 0.3 is 5.97 Å². The highest BCUT2D eigenvalue weighted by molar-refractivity contribution is 6.07. The van der Waals surface area contributed by atoms with Crippen LogP contribution < -0.4 is 5.43 Å². The predicted octanol–water partition coefficient (Wildman–Crippen LogP) is 5.19. The summed E-state index contributed by atoms with van der Waals surface area (Å²) >= 11 is 0. The molecule has 0 atom stereocenters. The third kappa shape index (κ3) is 4.55. The van der Waals surface area contributed by atoms with Gasteiger partial charge in [-0.2, -0.15) is 5.10 Å². The molecule has 6 heteroatoms. The lowest BCUT2D eigenvalue weighted by atomic mass is 10.0. The van der Waals surface area contributed by atoms with Crippen LogP contribution in [0.2, 0.25) is 0 Å². The van der Waals surface area contributed by atoms with Crippen LogP contribution in [0.15, 0.2) is 77.9 Å². The van der Waals surface area contributed by atoms with Gasteiger partial charge in [0.25, 0.3) is 5.91 Å². The van der Waals surface area contributed by atoms with Crippen LogP contribution in [0.1, 0.15) is 44.6 Å². The van der Waals surface area contributed by atoms with Crippen molar-refractivity contribution in [2.45, 2.75) is 20.8 Å². The summed E-state index contributed by atoms with van der Waals surface area (Å²) in [5.41, 5.74) is 7.53. The Kier molecular flexibility index (Phi) is 6.36. The summed E-state index contributed by atoms with van der Waals surface area (Å²) < 4.78 is 7.12. The van der Waals surface area contributed by atoms with Crippen molar-refractivity contribution in [3.8, 4) is 5.69 Å². The topological polar surface area (TPSA) is 72.7 Å². The van der Waals surface area contributed by atoms with Crippen molar-refractivity contribution in [3.63, 3.8) is 0 Å². The van der Waals surface area contributed by atoms with Crippen LogP contribution in [0.3, 0.4) is 0 Å². The van der Waals surface area contributed by atoms with Crippen molar-refractivity contribution < 1.29 is 14.3 Å². The molecular weight excluding hydrogens is 414 g/mol. The van der Waals surface area contributed by atoms with Gasteiger partial charge in [-0.05, 0) is 67.9 Å². The molecule has 0 bridgehead atoms. The van der Waals surface area contributed by atoms with Crippen LogP contribution in [-0.4, -0.2) is 29.3 Å². The van der Waals surface area contributed by atoms with E-state index in [0.717, 1.165) is 33.4 Å². The predicted molar refractivity (Wildman–Crippen MR) is 130 cm³/mol. The number of aryl methyl sites for hydroxylation is 1. The number of hydrogen-bond donors (Lipinski definition) is 1. The van der Waals surface area contributed by atoms with Crippen molar-refractivity contribution >= 4 is 28.9 Å². The number of fused-ring (bicyclic) bond motifs is 1. The standard InChI is InChI=1S/C27H25N3O3/c1-4-33-27(32)21-12-14-23(15-13-21)30-18(2)16-22(19(30)3)17-28-29-26(31)25-11-7-9-20-8-5-6-10-24(20)25/h5-17H,4H2,1-3H3,(H,29,31)/b28-17-. The largest absolute Gasteiger partial charge is 0.462 e. The molecule has 1 amide bonds. The molecule has 0 aliphatic rings. The number of carbonyl (C=O) groups is 2. The lowest BCUT2D eigenvalue weighted by molar-refractivity contribution is 0.0526. The number of hydrazone groups is 1. The summed E-state index contributed by atoms with van der Waals surface area (Å²) in [7, 11) is 0. The van der Waals surface area contributed by atoms with Gasteiger partial charge in [-0.3, -0.25) is 4.79 Å². The van der Waals surface area contributed by atoms with Crippen molar-refractivity contribution in [2.24, 2.45) is 5.10 Å². The average molecular weight is 440 g/mol.